The van der Waals surface area contributed by atoms with E-state index in [9.17, 15) is 19.2 Å². The van der Waals surface area contributed by atoms with Gasteiger partial charge in [-0.05, 0) is 25.8 Å². The number of nitrogens with one attached hydrogen (secondary N) is 1. The third-order valence-electron chi connectivity index (χ3n) is 3.70. The molecule has 0 bridgehead atoms. The molecule has 0 aromatic carbocycles. The van der Waals surface area contributed by atoms with Crippen LogP contribution in [0.25, 0.3) is 0 Å². The van der Waals surface area contributed by atoms with E-state index in [4.69, 9.17) is 0 Å². The minimum Gasteiger partial charge on any atom is -0.295 e. The fraction of sp³-hybridized carbons (Fsp3) is 0.412. The number of carbonyl (C=O) groups is 4. The van der Waals surface area contributed by atoms with Crippen LogP contribution >= 0.6 is 0 Å². The molecule has 1 fully saturated rings. The Balaban J connectivity index is 0.00000127. The molecule has 0 aromatic heterocycles. The van der Waals surface area contributed by atoms with Crippen molar-refractivity contribution in [2.24, 2.45) is 0 Å². The van der Waals surface area contributed by atoms with Gasteiger partial charge in [0.25, 0.3) is 11.8 Å². The van der Waals surface area contributed by atoms with E-state index in [-0.39, 0.29) is 24.0 Å². The third-order valence-corrected chi connectivity index (χ3v) is 3.70. The van der Waals surface area contributed by atoms with Crippen LogP contribution in [0.15, 0.2) is 35.5 Å². The van der Waals surface area contributed by atoms with Crippen LogP contribution in [-0.2, 0) is 19.2 Å². The van der Waals surface area contributed by atoms with Gasteiger partial charge in [0.1, 0.15) is 6.04 Å². The molecule has 2 rings (SSSR count). The summed E-state index contributed by atoms with van der Waals surface area (Å²) in [5.41, 5.74) is 1.11. The molecule has 1 unspecified atom stereocenters. The molecule has 0 aromatic rings. The molecule has 2 aliphatic rings. The Morgan fingerprint density at radius 2 is 1.83 bits per heavy atom. The number of piperidine rings is 1. The molecule has 1 N–H and O–H groups in total. The minimum atomic E-state index is -0.945. The van der Waals surface area contributed by atoms with Crippen molar-refractivity contribution in [3.63, 3.8) is 0 Å². The van der Waals surface area contributed by atoms with Crippen LogP contribution in [0.5, 0.6) is 0 Å². The van der Waals surface area contributed by atoms with Gasteiger partial charge >= 0.3 is 0 Å². The van der Waals surface area contributed by atoms with Gasteiger partial charge in [-0.3, -0.25) is 29.4 Å². The fourth-order valence-corrected chi connectivity index (χ4v) is 2.49. The largest absolute Gasteiger partial charge is 0.295 e. The second-order valence-electron chi connectivity index (χ2n) is 4.91. The highest BCUT2D eigenvalue weighted by Gasteiger charge is 2.45. The van der Waals surface area contributed by atoms with Crippen LogP contribution in [0.4, 0.5) is 0 Å². The summed E-state index contributed by atoms with van der Waals surface area (Å²) in [6.45, 7) is 11.0. The molecule has 0 spiro atoms. The van der Waals surface area contributed by atoms with Gasteiger partial charge in [-0.2, -0.15) is 0 Å². The van der Waals surface area contributed by atoms with E-state index in [1.165, 1.54) is 6.08 Å². The summed E-state index contributed by atoms with van der Waals surface area (Å²) >= 11 is 0. The van der Waals surface area contributed by atoms with Crippen molar-refractivity contribution in [2.45, 2.75) is 46.6 Å². The highest BCUT2D eigenvalue weighted by atomic mass is 16.2. The zero-order chi connectivity index (χ0) is 17.7. The van der Waals surface area contributed by atoms with Crippen molar-refractivity contribution in [3.8, 4) is 0 Å². The Hall–Kier alpha value is -2.50. The van der Waals surface area contributed by atoms with Gasteiger partial charge in [0.2, 0.25) is 11.8 Å². The molecule has 0 aliphatic carbocycles. The molecule has 124 valence electrons. The van der Waals surface area contributed by atoms with Crippen molar-refractivity contribution in [1.29, 1.82) is 0 Å². The van der Waals surface area contributed by atoms with Gasteiger partial charge in [0, 0.05) is 6.42 Å². The summed E-state index contributed by atoms with van der Waals surface area (Å²) < 4.78 is 0. The van der Waals surface area contributed by atoms with Gasteiger partial charge in [0.15, 0.2) is 0 Å². The molecular weight excluding hydrogens is 296 g/mol. The average Bonchev–Trinajstić information content (AvgIpc) is 2.79. The van der Waals surface area contributed by atoms with Gasteiger partial charge in [-0.25, -0.2) is 0 Å². The maximum atomic E-state index is 12.5. The summed E-state index contributed by atoms with van der Waals surface area (Å²) in [7, 11) is 0. The lowest BCUT2D eigenvalue weighted by molar-refractivity contribution is -0.149. The first kappa shape index (κ1) is 18.5. The fourth-order valence-electron chi connectivity index (χ4n) is 2.49. The van der Waals surface area contributed by atoms with Crippen molar-refractivity contribution < 1.29 is 19.2 Å². The average molecular weight is 318 g/mol. The predicted molar refractivity (Wildman–Crippen MR) is 86.0 cm³/mol. The van der Waals surface area contributed by atoms with Gasteiger partial charge < -0.3 is 0 Å². The molecular formula is C17H22N2O4. The summed E-state index contributed by atoms with van der Waals surface area (Å²) in [5, 5.41) is 2.16. The molecule has 2 heterocycles. The number of amides is 4. The molecule has 1 atom stereocenters. The van der Waals surface area contributed by atoms with Crippen LogP contribution in [0.3, 0.4) is 0 Å². The Morgan fingerprint density at radius 1 is 1.22 bits per heavy atom. The highest BCUT2D eigenvalue weighted by Crippen LogP contribution is 2.30. The zero-order valence-corrected chi connectivity index (χ0v) is 13.9. The number of hydrogen-bond acceptors (Lipinski definition) is 4. The topological polar surface area (TPSA) is 83.6 Å². The third kappa shape index (κ3) is 3.31. The van der Waals surface area contributed by atoms with Crippen LogP contribution in [0.2, 0.25) is 0 Å². The second kappa shape index (κ2) is 7.67. The molecule has 4 amide bonds. The van der Waals surface area contributed by atoms with Crippen LogP contribution in [0, 0.1) is 0 Å². The van der Waals surface area contributed by atoms with E-state index in [2.05, 4.69) is 11.9 Å². The lowest BCUT2D eigenvalue weighted by atomic mass is 10.0. The first-order valence-corrected chi connectivity index (χ1v) is 7.64. The second-order valence-corrected chi connectivity index (χ2v) is 4.91. The minimum absolute atomic E-state index is 0.106. The Morgan fingerprint density at radius 3 is 2.30 bits per heavy atom. The molecule has 0 radical (unpaired) electrons. The van der Waals surface area contributed by atoms with Crippen LogP contribution in [-0.4, -0.2) is 34.6 Å². The molecule has 1 saturated heterocycles. The maximum absolute atomic E-state index is 12.5. The number of nitrogens with zero attached hydrogens (tertiary/aromatic N) is 1. The first-order chi connectivity index (χ1) is 10.9. The van der Waals surface area contributed by atoms with Gasteiger partial charge in [0.05, 0.1) is 11.1 Å². The van der Waals surface area contributed by atoms with E-state index in [0.717, 1.165) is 4.90 Å². The van der Waals surface area contributed by atoms with Crippen molar-refractivity contribution >= 4 is 23.6 Å². The van der Waals surface area contributed by atoms with Crippen LogP contribution in [0.1, 0.15) is 40.5 Å². The standard InChI is InChI=1S/C15H16N2O4.C2H6/c1-4-8(3)12-9(5-2)14(20)17(15(12)21)10-6-7-11(18)16-13(10)19;1-2/h4-5,10H,2,6-7H2,1,3H3,(H,16,18,19);1-2H3/b8-4-;. The number of hydrogen-bond donors (Lipinski definition) is 1. The van der Waals surface area contributed by atoms with E-state index in [1.54, 1.807) is 19.9 Å². The number of imide groups is 2. The van der Waals surface area contributed by atoms with Crippen molar-refractivity contribution in [2.75, 3.05) is 0 Å². The van der Waals surface area contributed by atoms with Gasteiger partial charge in [-0.15, -0.1) is 0 Å². The van der Waals surface area contributed by atoms with E-state index >= 15 is 0 Å². The quantitative estimate of drug-likeness (QED) is 0.802. The van der Waals surface area contributed by atoms with E-state index in [1.807, 2.05) is 13.8 Å². The van der Waals surface area contributed by atoms with Crippen LogP contribution < -0.4 is 5.32 Å². The molecule has 6 nitrogen and oxygen atoms in total. The summed E-state index contributed by atoms with van der Waals surface area (Å²) in [6, 6.07) is -0.945. The smallest absolute Gasteiger partial charge is 0.262 e. The Kier molecular flexibility index (Phi) is 6.18. The SMILES string of the molecule is C=CC1=C(/C(C)=C\C)C(=O)N(C2CCC(=O)NC2=O)C1=O.CC. The molecule has 6 heteroatoms. The summed E-state index contributed by atoms with van der Waals surface area (Å²) in [4.78, 5) is 48.9. The monoisotopic (exact) mass is 318 g/mol. The van der Waals surface area contributed by atoms with E-state index < -0.39 is 29.7 Å². The summed E-state index contributed by atoms with van der Waals surface area (Å²) in [5.74, 6) is -2.06. The lowest BCUT2D eigenvalue weighted by Gasteiger charge is -2.28. The summed E-state index contributed by atoms with van der Waals surface area (Å²) in [6.07, 6.45) is 3.30. The molecule has 0 saturated carbocycles. The predicted octanol–water partition coefficient (Wildman–Crippen LogP) is 1.64. The lowest BCUT2D eigenvalue weighted by Crippen LogP contribution is -2.54. The molecule has 2 aliphatic heterocycles. The van der Waals surface area contributed by atoms with E-state index in [0.29, 0.717) is 5.57 Å². The molecule has 23 heavy (non-hydrogen) atoms. The number of carbonyl (C=O) groups excluding carboxylic acids is 4. The zero-order valence-electron chi connectivity index (χ0n) is 13.9. The van der Waals surface area contributed by atoms with Gasteiger partial charge in [-0.1, -0.05) is 32.6 Å². The Labute approximate surface area is 135 Å². The Bertz CT molecular complexity index is 629. The number of rotatable bonds is 3. The maximum Gasteiger partial charge on any atom is 0.262 e. The highest BCUT2D eigenvalue weighted by molar-refractivity contribution is 6.24. The van der Waals surface area contributed by atoms with Crippen molar-refractivity contribution in [1.82, 2.24) is 10.2 Å². The normalized spacial score (nSPS) is 22.0. The van der Waals surface area contributed by atoms with Crippen molar-refractivity contribution in [3.05, 3.63) is 35.5 Å². The first-order valence-electron chi connectivity index (χ1n) is 7.64. The number of allylic oxidation sites excluding steroid dienone is 1.